The largest absolute Gasteiger partial charge is 0.480 e. The summed E-state index contributed by atoms with van der Waals surface area (Å²) in [5.74, 6) is -0.668. The maximum Gasteiger partial charge on any atom is 0.317 e. The molecule has 0 bridgehead atoms. The lowest BCUT2D eigenvalue weighted by Gasteiger charge is -2.20. The highest BCUT2D eigenvalue weighted by Crippen LogP contribution is 2.16. The predicted molar refractivity (Wildman–Crippen MR) is 188 cm³/mol. The van der Waals surface area contributed by atoms with Crippen LogP contribution in [0.4, 0.5) is 0 Å². The van der Waals surface area contributed by atoms with E-state index < -0.39 is 5.97 Å². The summed E-state index contributed by atoms with van der Waals surface area (Å²) >= 11 is 0. The van der Waals surface area contributed by atoms with Crippen molar-refractivity contribution in [3.8, 4) is 0 Å². The van der Waals surface area contributed by atoms with E-state index in [1.807, 2.05) is 0 Å². The number of hydrogen-bond acceptors (Lipinski definition) is 2. The van der Waals surface area contributed by atoms with Crippen molar-refractivity contribution in [2.75, 3.05) is 19.6 Å². The monoisotopic (exact) mass is 594 g/mol. The summed E-state index contributed by atoms with van der Waals surface area (Å²) in [6.07, 6.45) is 45.8. The molecule has 0 aliphatic rings. The maximum absolute atomic E-state index is 11.3. The van der Waals surface area contributed by atoms with E-state index in [9.17, 15) is 9.90 Å². The fraction of sp³-hybridized carbons (Fsp3) is 0.974. The Balaban J connectivity index is 3.46. The number of hydrogen-bond donors (Lipinski definition) is 1. The Morgan fingerprint density at radius 1 is 0.357 bits per heavy atom. The van der Waals surface area contributed by atoms with E-state index in [1.54, 1.807) is 0 Å². The van der Waals surface area contributed by atoms with Gasteiger partial charge in [0.15, 0.2) is 0 Å². The van der Waals surface area contributed by atoms with Gasteiger partial charge in [-0.25, -0.2) is 0 Å². The Morgan fingerprint density at radius 2 is 0.548 bits per heavy atom. The van der Waals surface area contributed by atoms with E-state index in [-0.39, 0.29) is 6.54 Å². The van der Waals surface area contributed by atoms with Gasteiger partial charge in [-0.05, 0) is 25.9 Å². The van der Waals surface area contributed by atoms with E-state index >= 15 is 0 Å². The molecule has 0 radical (unpaired) electrons. The zero-order chi connectivity index (χ0) is 30.6. The summed E-state index contributed by atoms with van der Waals surface area (Å²) in [6.45, 7) is 6.73. The van der Waals surface area contributed by atoms with Crippen LogP contribution in [0.3, 0.4) is 0 Å². The Bertz CT molecular complexity index is 509. The lowest BCUT2D eigenvalue weighted by atomic mass is 10.0. The van der Waals surface area contributed by atoms with Crippen LogP contribution >= 0.6 is 0 Å². The Kier molecular flexibility index (Phi) is 36.1. The van der Waals surface area contributed by atoms with Gasteiger partial charge in [-0.3, -0.25) is 9.69 Å². The molecule has 3 nitrogen and oxygen atoms in total. The number of nitrogens with zero attached hydrogens (tertiary/aromatic N) is 1. The fourth-order valence-corrected chi connectivity index (χ4v) is 6.40. The molecule has 0 spiro atoms. The maximum atomic E-state index is 11.3. The molecule has 252 valence electrons. The second-order valence-electron chi connectivity index (χ2n) is 13.6. The Labute approximate surface area is 265 Å². The first-order valence-electron chi connectivity index (χ1n) is 19.6. The molecule has 0 aromatic carbocycles. The molecule has 0 saturated heterocycles. The third-order valence-electron chi connectivity index (χ3n) is 9.26. The number of carbonyl (C=O) groups is 1. The molecule has 0 saturated carbocycles. The smallest absolute Gasteiger partial charge is 0.317 e. The van der Waals surface area contributed by atoms with Crippen molar-refractivity contribution in [3.63, 3.8) is 0 Å². The topological polar surface area (TPSA) is 40.5 Å². The third kappa shape index (κ3) is 35.6. The van der Waals surface area contributed by atoms with E-state index in [2.05, 4.69) is 18.7 Å². The molecular formula is C39H79NO2. The molecule has 0 heterocycles. The standard InChI is InChI=1S/C39H79NO2/c1-3-5-7-9-11-13-15-17-19-21-23-25-27-29-31-33-35-37-40(38-39(41)42)36-34-32-30-28-26-24-22-20-18-16-14-12-10-8-6-4-2/h3-38H2,1-2H3,(H,41,42). The van der Waals surface area contributed by atoms with E-state index in [1.165, 1.54) is 199 Å². The fourth-order valence-electron chi connectivity index (χ4n) is 6.40. The second kappa shape index (κ2) is 36.6. The zero-order valence-corrected chi connectivity index (χ0v) is 29.3. The van der Waals surface area contributed by atoms with Crippen molar-refractivity contribution < 1.29 is 9.90 Å². The number of carboxylic acids is 1. The first kappa shape index (κ1) is 41.4. The summed E-state index contributed by atoms with van der Waals surface area (Å²) in [7, 11) is 0. The van der Waals surface area contributed by atoms with Crippen LogP contribution in [0.1, 0.15) is 226 Å². The summed E-state index contributed by atoms with van der Waals surface area (Å²) in [5, 5.41) is 9.32. The molecule has 0 unspecified atom stereocenters. The van der Waals surface area contributed by atoms with Crippen LogP contribution in [0.2, 0.25) is 0 Å². The van der Waals surface area contributed by atoms with Crippen molar-refractivity contribution in [2.24, 2.45) is 0 Å². The first-order valence-corrected chi connectivity index (χ1v) is 19.6. The molecule has 0 rings (SSSR count). The number of unbranched alkanes of at least 4 members (excludes halogenated alkanes) is 31. The van der Waals surface area contributed by atoms with Crippen LogP contribution in [0.25, 0.3) is 0 Å². The molecule has 0 aliphatic heterocycles. The summed E-state index contributed by atoms with van der Waals surface area (Å²) < 4.78 is 0. The number of carboxylic acid groups (broad SMARTS) is 1. The number of aliphatic carboxylic acids is 1. The highest BCUT2D eigenvalue weighted by atomic mass is 16.4. The predicted octanol–water partition coefficient (Wildman–Crippen LogP) is 13.3. The Morgan fingerprint density at radius 3 is 0.738 bits per heavy atom. The van der Waals surface area contributed by atoms with Gasteiger partial charge in [-0.2, -0.15) is 0 Å². The van der Waals surface area contributed by atoms with Gasteiger partial charge in [0.25, 0.3) is 0 Å². The van der Waals surface area contributed by atoms with Gasteiger partial charge in [0.2, 0.25) is 0 Å². The van der Waals surface area contributed by atoms with Crippen LogP contribution in [0.5, 0.6) is 0 Å². The third-order valence-corrected chi connectivity index (χ3v) is 9.26. The normalized spacial score (nSPS) is 11.6. The molecule has 0 aliphatic carbocycles. The van der Waals surface area contributed by atoms with Crippen molar-refractivity contribution in [1.29, 1.82) is 0 Å². The van der Waals surface area contributed by atoms with Crippen molar-refractivity contribution >= 4 is 5.97 Å². The average molecular weight is 594 g/mol. The molecule has 0 atom stereocenters. The van der Waals surface area contributed by atoms with Gasteiger partial charge < -0.3 is 5.11 Å². The number of rotatable bonds is 37. The molecule has 0 aromatic rings. The van der Waals surface area contributed by atoms with Crippen molar-refractivity contribution in [1.82, 2.24) is 4.90 Å². The van der Waals surface area contributed by atoms with Crippen LogP contribution in [0.15, 0.2) is 0 Å². The van der Waals surface area contributed by atoms with Crippen LogP contribution in [-0.2, 0) is 4.79 Å². The molecule has 1 N–H and O–H groups in total. The first-order chi connectivity index (χ1) is 20.7. The lowest BCUT2D eigenvalue weighted by Crippen LogP contribution is -2.31. The van der Waals surface area contributed by atoms with E-state index in [0.717, 1.165) is 25.9 Å². The van der Waals surface area contributed by atoms with Gasteiger partial charge in [0, 0.05) is 0 Å². The van der Waals surface area contributed by atoms with Crippen molar-refractivity contribution in [3.05, 3.63) is 0 Å². The van der Waals surface area contributed by atoms with Crippen LogP contribution in [-0.4, -0.2) is 35.6 Å². The minimum Gasteiger partial charge on any atom is -0.480 e. The van der Waals surface area contributed by atoms with Gasteiger partial charge >= 0.3 is 5.97 Å². The minimum atomic E-state index is -0.668. The molecule has 3 heteroatoms. The van der Waals surface area contributed by atoms with Crippen molar-refractivity contribution in [2.45, 2.75) is 226 Å². The minimum absolute atomic E-state index is 0.220. The molecule has 42 heavy (non-hydrogen) atoms. The zero-order valence-electron chi connectivity index (χ0n) is 29.3. The quantitative estimate of drug-likeness (QED) is 0.0728. The molecular weight excluding hydrogens is 514 g/mol. The average Bonchev–Trinajstić information content (AvgIpc) is 2.98. The summed E-state index contributed by atoms with van der Waals surface area (Å²) in [4.78, 5) is 13.5. The van der Waals surface area contributed by atoms with Gasteiger partial charge in [-0.1, -0.05) is 213 Å². The van der Waals surface area contributed by atoms with Gasteiger partial charge in [-0.15, -0.1) is 0 Å². The Hall–Kier alpha value is -0.570. The van der Waals surface area contributed by atoms with Crippen LogP contribution in [0, 0.1) is 0 Å². The summed E-state index contributed by atoms with van der Waals surface area (Å²) in [6, 6.07) is 0. The highest BCUT2D eigenvalue weighted by molar-refractivity contribution is 5.69. The van der Waals surface area contributed by atoms with Gasteiger partial charge in [0.05, 0.1) is 6.54 Å². The molecule has 0 aromatic heterocycles. The van der Waals surface area contributed by atoms with E-state index in [0.29, 0.717) is 0 Å². The second-order valence-corrected chi connectivity index (χ2v) is 13.6. The lowest BCUT2D eigenvalue weighted by molar-refractivity contribution is -0.138. The van der Waals surface area contributed by atoms with Crippen LogP contribution < -0.4 is 0 Å². The summed E-state index contributed by atoms with van der Waals surface area (Å²) in [5.41, 5.74) is 0. The van der Waals surface area contributed by atoms with E-state index in [4.69, 9.17) is 0 Å². The highest BCUT2D eigenvalue weighted by Gasteiger charge is 2.09. The molecule has 0 amide bonds. The van der Waals surface area contributed by atoms with Gasteiger partial charge in [0.1, 0.15) is 0 Å². The molecule has 0 fully saturated rings. The SMILES string of the molecule is CCCCCCCCCCCCCCCCCCCN(CCCCCCCCCCCCCCCCCC)CC(=O)O.